The Hall–Kier alpha value is -4.58. The van der Waals surface area contributed by atoms with Gasteiger partial charge in [-0.05, 0) is 62.9 Å². The Bertz CT molecular complexity index is 1410. The minimum absolute atomic E-state index is 0.0168. The number of nitrogens with zero attached hydrogens (tertiary/aromatic N) is 2. The van der Waals surface area contributed by atoms with Crippen LogP contribution in [0.4, 0.5) is 5.69 Å². The van der Waals surface area contributed by atoms with Crippen LogP contribution >= 0.6 is 0 Å². The number of β-lactam (4-membered cyclic amide) rings is 1. The van der Waals surface area contributed by atoms with E-state index >= 15 is 0 Å². The molecule has 1 fully saturated rings. The number of pyridine rings is 1. The van der Waals surface area contributed by atoms with Crippen LogP contribution in [0.1, 0.15) is 45.2 Å². The Balaban J connectivity index is 1.46. The Kier molecular flexibility index (Phi) is 9.05. The molecule has 1 saturated heterocycles. The summed E-state index contributed by atoms with van der Waals surface area (Å²) in [5.74, 6) is -3.23. The van der Waals surface area contributed by atoms with Crippen LogP contribution in [0.2, 0.25) is 0 Å². The summed E-state index contributed by atoms with van der Waals surface area (Å²) in [5.41, 5.74) is 1.52. The summed E-state index contributed by atoms with van der Waals surface area (Å²) in [4.78, 5) is 68.1. The van der Waals surface area contributed by atoms with Gasteiger partial charge in [-0.2, -0.15) is 0 Å². The lowest BCUT2D eigenvalue weighted by Crippen LogP contribution is -2.61. The fraction of sp³-hybridized carbons (Fsp3) is 0.400. The zero-order chi connectivity index (χ0) is 30.6. The number of rotatable bonds is 10. The van der Waals surface area contributed by atoms with Gasteiger partial charge >= 0.3 is 11.9 Å². The Morgan fingerprint density at radius 2 is 1.81 bits per heavy atom. The molecule has 0 aliphatic carbocycles. The van der Waals surface area contributed by atoms with Crippen molar-refractivity contribution in [2.75, 3.05) is 18.7 Å². The number of aromatic nitrogens is 1. The van der Waals surface area contributed by atoms with Gasteiger partial charge in [0.25, 0.3) is 0 Å². The number of amides is 3. The maximum atomic E-state index is 13.2. The second-order valence-corrected chi connectivity index (χ2v) is 11.2. The third-order valence-corrected chi connectivity index (χ3v) is 6.96. The van der Waals surface area contributed by atoms with E-state index in [1.165, 1.54) is 24.2 Å². The van der Waals surface area contributed by atoms with Crippen LogP contribution in [0.5, 0.6) is 0 Å². The SMILES string of the molecule is C[C@@H](O)[C@H]1C(=O)N2C(C(=O)OCOC(=O)C(C)(C)C)=C(c3cccc(CC(=O)NCC(=O)Nc4ccncc4)c3)C[C@H]12. The van der Waals surface area contributed by atoms with Gasteiger partial charge in [-0.15, -0.1) is 0 Å². The average molecular weight is 579 g/mol. The van der Waals surface area contributed by atoms with Gasteiger partial charge in [0.2, 0.25) is 24.5 Å². The van der Waals surface area contributed by atoms with Gasteiger partial charge in [0.1, 0.15) is 5.70 Å². The van der Waals surface area contributed by atoms with Crippen molar-refractivity contribution in [2.24, 2.45) is 11.3 Å². The maximum Gasteiger partial charge on any atom is 0.358 e. The van der Waals surface area contributed by atoms with Crippen molar-refractivity contribution in [2.45, 2.75) is 52.7 Å². The number of ether oxygens (including phenoxy) is 2. The number of hydrogen-bond acceptors (Lipinski definition) is 9. The van der Waals surface area contributed by atoms with Crippen molar-refractivity contribution in [3.8, 4) is 0 Å². The summed E-state index contributed by atoms with van der Waals surface area (Å²) in [6.07, 6.45) is 2.43. The topological polar surface area (TPSA) is 164 Å². The lowest BCUT2D eigenvalue weighted by molar-refractivity contribution is -0.175. The van der Waals surface area contributed by atoms with E-state index in [-0.39, 0.29) is 24.6 Å². The van der Waals surface area contributed by atoms with Crippen molar-refractivity contribution >= 4 is 40.9 Å². The second kappa shape index (κ2) is 12.5. The van der Waals surface area contributed by atoms with E-state index in [0.29, 0.717) is 28.8 Å². The molecule has 2 aliphatic heterocycles. The first kappa shape index (κ1) is 30.4. The van der Waals surface area contributed by atoms with E-state index in [1.54, 1.807) is 57.2 Å². The van der Waals surface area contributed by atoms with Crippen LogP contribution in [-0.2, 0) is 39.9 Å². The molecule has 3 N–H and O–H groups in total. The summed E-state index contributed by atoms with van der Waals surface area (Å²) >= 11 is 0. The molecule has 2 aliphatic rings. The third kappa shape index (κ3) is 6.82. The first-order chi connectivity index (χ1) is 19.9. The van der Waals surface area contributed by atoms with Crippen molar-refractivity contribution in [1.82, 2.24) is 15.2 Å². The number of aliphatic hydroxyl groups is 1. The summed E-state index contributed by atoms with van der Waals surface area (Å²) in [7, 11) is 0. The Morgan fingerprint density at radius 3 is 2.48 bits per heavy atom. The largest absolute Gasteiger partial charge is 0.427 e. The minimum atomic E-state index is -0.908. The molecule has 12 heteroatoms. The average Bonchev–Trinajstić information content (AvgIpc) is 3.27. The molecule has 3 atom stereocenters. The van der Waals surface area contributed by atoms with E-state index < -0.39 is 54.0 Å². The van der Waals surface area contributed by atoms with Gasteiger partial charge in [0.15, 0.2) is 0 Å². The van der Waals surface area contributed by atoms with Crippen LogP contribution in [0, 0.1) is 11.3 Å². The number of fused-ring (bicyclic) bond motifs is 1. The van der Waals surface area contributed by atoms with Gasteiger partial charge < -0.3 is 30.1 Å². The fourth-order valence-electron chi connectivity index (χ4n) is 4.87. The molecule has 42 heavy (non-hydrogen) atoms. The summed E-state index contributed by atoms with van der Waals surface area (Å²) in [6.45, 7) is 5.68. The molecule has 0 spiro atoms. The number of anilines is 1. The second-order valence-electron chi connectivity index (χ2n) is 11.2. The predicted molar refractivity (Wildman–Crippen MR) is 150 cm³/mol. The third-order valence-electron chi connectivity index (χ3n) is 6.96. The van der Waals surface area contributed by atoms with Gasteiger partial charge in [-0.1, -0.05) is 24.3 Å². The van der Waals surface area contributed by atoms with E-state index in [0.717, 1.165) is 0 Å². The van der Waals surface area contributed by atoms with Crippen molar-refractivity contribution in [3.05, 3.63) is 65.6 Å². The molecule has 12 nitrogen and oxygen atoms in total. The van der Waals surface area contributed by atoms with Crippen LogP contribution in [0.15, 0.2) is 54.5 Å². The highest BCUT2D eigenvalue weighted by Crippen LogP contribution is 2.47. The molecule has 1 aromatic carbocycles. The first-order valence-corrected chi connectivity index (χ1v) is 13.5. The molecule has 0 unspecified atom stereocenters. The van der Waals surface area contributed by atoms with Gasteiger partial charge in [-0.3, -0.25) is 24.2 Å². The number of aliphatic hydroxyl groups excluding tert-OH is 1. The highest BCUT2D eigenvalue weighted by molar-refractivity contribution is 6.07. The zero-order valence-corrected chi connectivity index (χ0v) is 23.9. The van der Waals surface area contributed by atoms with Gasteiger partial charge in [0.05, 0.1) is 36.4 Å². The smallest absolute Gasteiger partial charge is 0.358 e. The number of esters is 2. The Morgan fingerprint density at radius 1 is 1.10 bits per heavy atom. The number of carbonyl (C=O) groups excluding carboxylic acids is 5. The summed E-state index contributed by atoms with van der Waals surface area (Å²) < 4.78 is 10.3. The fourth-order valence-corrected chi connectivity index (χ4v) is 4.87. The van der Waals surface area contributed by atoms with Crippen molar-refractivity contribution in [1.29, 1.82) is 0 Å². The van der Waals surface area contributed by atoms with E-state index in [2.05, 4.69) is 15.6 Å². The maximum absolute atomic E-state index is 13.2. The number of benzene rings is 1. The number of carbonyl (C=O) groups is 5. The summed E-state index contributed by atoms with van der Waals surface area (Å²) in [6, 6.07) is 9.76. The van der Waals surface area contributed by atoms with Crippen molar-refractivity contribution < 1.29 is 38.6 Å². The molecule has 4 rings (SSSR count). The van der Waals surface area contributed by atoms with Crippen LogP contribution < -0.4 is 10.6 Å². The lowest BCUT2D eigenvalue weighted by atomic mass is 9.82. The van der Waals surface area contributed by atoms with Crippen LogP contribution in [-0.4, -0.2) is 70.1 Å². The zero-order valence-electron chi connectivity index (χ0n) is 23.9. The monoisotopic (exact) mass is 578 g/mol. The molecular weight excluding hydrogens is 544 g/mol. The van der Waals surface area contributed by atoms with Gasteiger partial charge in [-0.25, -0.2) is 4.79 Å². The molecule has 222 valence electrons. The van der Waals surface area contributed by atoms with E-state index in [1.807, 2.05) is 0 Å². The number of nitrogens with one attached hydrogen (secondary N) is 2. The molecule has 0 saturated carbocycles. The first-order valence-electron chi connectivity index (χ1n) is 13.5. The molecule has 0 bridgehead atoms. The van der Waals surface area contributed by atoms with E-state index in [9.17, 15) is 29.1 Å². The normalized spacial score (nSPS) is 18.5. The lowest BCUT2D eigenvalue weighted by Gasteiger charge is -2.44. The molecular formula is C30H34N4O8. The number of hydrogen-bond donors (Lipinski definition) is 3. The molecule has 0 radical (unpaired) electrons. The quantitative estimate of drug-likeness (QED) is 0.217. The minimum Gasteiger partial charge on any atom is -0.427 e. The molecule has 3 heterocycles. The summed E-state index contributed by atoms with van der Waals surface area (Å²) in [5, 5.41) is 15.4. The van der Waals surface area contributed by atoms with Crippen molar-refractivity contribution in [3.63, 3.8) is 0 Å². The van der Waals surface area contributed by atoms with Gasteiger partial charge in [0, 0.05) is 18.1 Å². The highest BCUT2D eigenvalue weighted by Gasteiger charge is 2.57. The standard InChI is InChI=1S/C30H34N4O8/c1-17(35)25-22-14-21(26(34(22)27(25)38)28(39)41-16-42-29(40)30(2,3)4)19-7-5-6-18(12-19)13-23(36)32-15-24(37)33-20-8-10-31-11-9-20/h5-12,17,22,25,35H,13-16H2,1-4H3,(H,32,36)(H,31,33,37)/t17-,22-,25-/m1/s1. The molecule has 3 amide bonds. The van der Waals surface area contributed by atoms with Crippen LogP contribution in [0.25, 0.3) is 5.57 Å². The van der Waals surface area contributed by atoms with E-state index in [4.69, 9.17) is 9.47 Å². The highest BCUT2D eigenvalue weighted by atomic mass is 16.7. The molecule has 2 aromatic rings. The predicted octanol–water partition coefficient (Wildman–Crippen LogP) is 1.79. The van der Waals surface area contributed by atoms with Crippen LogP contribution in [0.3, 0.4) is 0 Å². The molecule has 1 aromatic heterocycles. The Labute approximate surface area is 243 Å².